The lowest BCUT2D eigenvalue weighted by Crippen LogP contribution is -2.47. The maximum atomic E-state index is 12.5. The second kappa shape index (κ2) is 11.4. The molecule has 0 aliphatic heterocycles. The largest absolute Gasteiger partial charge is 0.480 e. The van der Waals surface area contributed by atoms with Gasteiger partial charge in [-0.05, 0) is 46.9 Å². The first-order valence-corrected chi connectivity index (χ1v) is 12.5. The number of alkyl carbamates (subject to hydrolysis) is 1. The van der Waals surface area contributed by atoms with Gasteiger partial charge in [-0.2, -0.15) is 0 Å². The highest BCUT2D eigenvalue weighted by Crippen LogP contribution is 2.44. The number of carboxylic acid groups (broad SMARTS) is 1. The lowest BCUT2D eigenvalue weighted by atomic mass is 9.84. The van der Waals surface area contributed by atoms with Crippen LogP contribution in [0.2, 0.25) is 0 Å². The zero-order valence-electron chi connectivity index (χ0n) is 20.2. The van der Waals surface area contributed by atoms with Crippen LogP contribution in [0, 0.1) is 11.8 Å². The summed E-state index contributed by atoms with van der Waals surface area (Å²) in [5, 5.41) is 15.0. The SMILES string of the molecule is CC(CNC(=O)OCC1c2ccccc2-c2ccccc21)CC(=O)NC(C(=O)O)C1CCCCC1. The number of nitrogens with one attached hydrogen (secondary N) is 2. The van der Waals surface area contributed by atoms with Crippen LogP contribution < -0.4 is 10.6 Å². The van der Waals surface area contributed by atoms with Crippen molar-refractivity contribution in [1.29, 1.82) is 0 Å². The Kier molecular flexibility index (Phi) is 8.06. The second-order valence-corrected chi connectivity index (χ2v) is 9.80. The third kappa shape index (κ3) is 6.02. The molecule has 0 radical (unpaired) electrons. The molecule has 0 bridgehead atoms. The van der Waals surface area contributed by atoms with Crippen LogP contribution in [0.1, 0.15) is 62.5 Å². The monoisotopic (exact) mass is 478 g/mol. The maximum absolute atomic E-state index is 12.5. The second-order valence-electron chi connectivity index (χ2n) is 9.80. The molecule has 35 heavy (non-hydrogen) atoms. The number of ether oxygens (including phenoxy) is 1. The molecule has 0 spiro atoms. The van der Waals surface area contributed by atoms with Crippen molar-refractivity contribution in [2.75, 3.05) is 13.2 Å². The van der Waals surface area contributed by atoms with E-state index >= 15 is 0 Å². The molecular weight excluding hydrogens is 444 g/mol. The van der Waals surface area contributed by atoms with Crippen molar-refractivity contribution in [3.8, 4) is 11.1 Å². The van der Waals surface area contributed by atoms with Gasteiger partial charge in [-0.3, -0.25) is 4.79 Å². The predicted molar refractivity (Wildman–Crippen MR) is 133 cm³/mol. The van der Waals surface area contributed by atoms with Gasteiger partial charge in [0.1, 0.15) is 12.6 Å². The van der Waals surface area contributed by atoms with Gasteiger partial charge in [0, 0.05) is 18.9 Å². The first-order chi connectivity index (χ1) is 16.9. The summed E-state index contributed by atoms with van der Waals surface area (Å²) in [7, 11) is 0. The van der Waals surface area contributed by atoms with Crippen LogP contribution in [0.5, 0.6) is 0 Å². The molecule has 2 aliphatic carbocycles. The zero-order chi connectivity index (χ0) is 24.8. The average molecular weight is 479 g/mol. The van der Waals surface area contributed by atoms with Gasteiger partial charge in [0.05, 0.1) is 0 Å². The number of hydrogen-bond donors (Lipinski definition) is 3. The summed E-state index contributed by atoms with van der Waals surface area (Å²) in [6.45, 7) is 2.35. The van der Waals surface area contributed by atoms with Crippen LogP contribution in [0.4, 0.5) is 4.79 Å². The molecule has 4 rings (SSSR count). The molecule has 2 atom stereocenters. The molecular formula is C28H34N2O5. The van der Waals surface area contributed by atoms with E-state index in [0.29, 0.717) is 0 Å². The number of aliphatic carboxylic acids is 1. The Morgan fingerprint density at radius 1 is 0.971 bits per heavy atom. The standard InChI is InChI=1S/C28H34N2O5/c1-18(15-25(31)30-26(27(32)33)19-9-3-2-4-10-19)16-29-28(34)35-17-24-22-13-7-5-11-20(22)21-12-6-8-14-23(21)24/h5-8,11-14,18-19,24,26H,2-4,9-10,15-17H2,1H3,(H,29,34)(H,30,31)(H,32,33). The van der Waals surface area contributed by atoms with Crippen molar-refractivity contribution in [2.24, 2.45) is 11.8 Å². The van der Waals surface area contributed by atoms with E-state index in [1.165, 1.54) is 11.1 Å². The average Bonchev–Trinajstić information content (AvgIpc) is 3.19. The third-order valence-corrected chi connectivity index (χ3v) is 7.18. The van der Waals surface area contributed by atoms with E-state index in [1.807, 2.05) is 31.2 Å². The quantitative estimate of drug-likeness (QED) is 0.485. The van der Waals surface area contributed by atoms with Crippen molar-refractivity contribution >= 4 is 18.0 Å². The Hall–Kier alpha value is -3.35. The van der Waals surface area contributed by atoms with E-state index in [9.17, 15) is 19.5 Å². The number of rotatable bonds is 9. The van der Waals surface area contributed by atoms with Gasteiger partial charge in [0.25, 0.3) is 0 Å². The minimum absolute atomic E-state index is 0.0101. The number of hydrogen-bond acceptors (Lipinski definition) is 4. The van der Waals surface area contributed by atoms with E-state index < -0.39 is 18.1 Å². The summed E-state index contributed by atoms with van der Waals surface area (Å²) < 4.78 is 5.54. The lowest BCUT2D eigenvalue weighted by molar-refractivity contribution is -0.144. The van der Waals surface area contributed by atoms with Crippen LogP contribution in [-0.4, -0.2) is 42.3 Å². The molecule has 2 unspecified atom stereocenters. The van der Waals surface area contributed by atoms with Crippen molar-refractivity contribution in [1.82, 2.24) is 10.6 Å². The fourth-order valence-electron chi connectivity index (χ4n) is 5.38. The van der Waals surface area contributed by atoms with Crippen LogP contribution in [0.15, 0.2) is 48.5 Å². The molecule has 0 saturated heterocycles. The zero-order valence-corrected chi connectivity index (χ0v) is 20.2. The highest BCUT2D eigenvalue weighted by Gasteiger charge is 2.31. The van der Waals surface area contributed by atoms with E-state index in [2.05, 4.69) is 34.9 Å². The number of carbonyl (C=O) groups excluding carboxylic acids is 2. The van der Waals surface area contributed by atoms with E-state index in [0.717, 1.165) is 43.2 Å². The molecule has 0 heterocycles. The summed E-state index contributed by atoms with van der Waals surface area (Å²) in [6, 6.07) is 15.5. The van der Waals surface area contributed by atoms with Gasteiger partial charge < -0.3 is 20.5 Å². The van der Waals surface area contributed by atoms with E-state index in [-0.39, 0.29) is 43.2 Å². The number of carboxylic acids is 1. The number of fused-ring (bicyclic) bond motifs is 3. The van der Waals surface area contributed by atoms with Crippen LogP contribution in [0.25, 0.3) is 11.1 Å². The Morgan fingerprint density at radius 2 is 1.57 bits per heavy atom. The first kappa shape index (κ1) is 24.8. The molecule has 1 fully saturated rings. The fraction of sp³-hybridized carbons (Fsp3) is 0.464. The molecule has 2 aromatic rings. The van der Waals surface area contributed by atoms with Gasteiger partial charge in [0.15, 0.2) is 0 Å². The molecule has 186 valence electrons. The Labute approximate surface area is 206 Å². The highest BCUT2D eigenvalue weighted by atomic mass is 16.5. The minimum atomic E-state index is -0.977. The summed E-state index contributed by atoms with van der Waals surface area (Å²) in [6.07, 6.45) is 4.40. The van der Waals surface area contributed by atoms with Gasteiger partial charge in [-0.15, -0.1) is 0 Å². The molecule has 2 amide bonds. The van der Waals surface area contributed by atoms with Crippen LogP contribution in [-0.2, 0) is 14.3 Å². The lowest BCUT2D eigenvalue weighted by Gasteiger charge is -2.28. The molecule has 3 N–H and O–H groups in total. The molecule has 2 aromatic carbocycles. The summed E-state index contributed by atoms with van der Waals surface area (Å²) in [4.78, 5) is 36.5. The van der Waals surface area contributed by atoms with Gasteiger partial charge in [-0.1, -0.05) is 74.7 Å². The summed E-state index contributed by atoms with van der Waals surface area (Å²) in [5.41, 5.74) is 4.64. The predicted octanol–water partition coefficient (Wildman–Crippen LogP) is 4.70. The Morgan fingerprint density at radius 3 is 2.17 bits per heavy atom. The van der Waals surface area contributed by atoms with Crippen LogP contribution >= 0.6 is 0 Å². The normalized spacial score (nSPS) is 17.1. The van der Waals surface area contributed by atoms with Crippen LogP contribution in [0.3, 0.4) is 0 Å². The molecule has 1 saturated carbocycles. The Bertz CT molecular complexity index is 1020. The number of benzene rings is 2. The fourth-order valence-corrected chi connectivity index (χ4v) is 5.38. The first-order valence-electron chi connectivity index (χ1n) is 12.5. The smallest absolute Gasteiger partial charge is 0.407 e. The van der Waals surface area contributed by atoms with Crippen molar-refractivity contribution in [3.63, 3.8) is 0 Å². The molecule has 7 heteroatoms. The van der Waals surface area contributed by atoms with Gasteiger partial charge >= 0.3 is 12.1 Å². The summed E-state index contributed by atoms with van der Waals surface area (Å²) in [5.74, 6) is -1.46. The number of amides is 2. The van der Waals surface area contributed by atoms with Gasteiger partial charge in [0.2, 0.25) is 5.91 Å². The topological polar surface area (TPSA) is 105 Å². The summed E-state index contributed by atoms with van der Waals surface area (Å²) >= 11 is 0. The molecule has 0 aromatic heterocycles. The Balaban J connectivity index is 1.23. The molecule has 2 aliphatic rings. The van der Waals surface area contributed by atoms with Crippen molar-refractivity contribution in [3.05, 3.63) is 59.7 Å². The number of carbonyl (C=O) groups is 3. The third-order valence-electron chi connectivity index (χ3n) is 7.18. The van der Waals surface area contributed by atoms with E-state index in [1.54, 1.807) is 0 Å². The van der Waals surface area contributed by atoms with Gasteiger partial charge in [-0.25, -0.2) is 9.59 Å². The van der Waals surface area contributed by atoms with E-state index in [4.69, 9.17) is 4.74 Å². The van der Waals surface area contributed by atoms with Crippen molar-refractivity contribution < 1.29 is 24.2 Å². The maximum Gasteiger partial charge on any atom is 0.407 e. The minimum Gasteiger partial charge on any atom is -0.480 e. The molecule has 7 nitrogen and oxygen atoms in total. The highest BCUT2D eigenvalue weighted by molar-refractivity contribution is 5.84. The van der Waals surface area contributed by atoms with Crippen molar-refractivity contribution in [2.45, 2.75) is 57.4 Å².